The zero-order valence-electron chi connectivity index (χ0n) is 20.5. The molecule has 0 radical (unpaired) electrons. The van der Waals surface area contributed by atoms with Crippen LogP contribution >= 0.6 is 7.82 Å². The molecule has 0 aromatic heterocycles. The average Bonchev–Trinajstić information content (AvgIpc) is 2.71. The number of ether oxygens (including phenoxy) is 2. The number of nitrogens with zero attached hydrogens (tertiary/aromatic N) is 1. The molecule has 0 fully saturated rings. The smallest absolute Gasteiger partial charge is 0.472 e. The van der Waals surface area contributed by atoms with Gasteiger partial charge in [-0.1, -0.05) is 6.07 Å². The van der Waals surface area contributed by atoms with Gasteiger partial charge >= 0.3 is 19.9 Å². The summed E-state index contributed by atoms with van der Waals surface area (Å²) in [6, 6.07) is 2.59. The van der Waals surface area contributed by atoms with Gasteiger partial charge in [-0.15, -0.1) is 0 Å². The van der Waals surface area contributed by atoms with E-state index in [1.807, 2.05) is 0 Å². The monoisotopic (exact) mass is 522 g/mol. The van der Waals surface area contributed by atoms with E-state index in [1.165, 1.54) is 18.2 Å². The topological polar surface area (TPSA) is 184 Å². The van der Waals surface area contributed by atoms with E-state index in [2.05, 4.69) is 5.32 Å². The highest BCUT2D eigenvalue weighted by Crippen LogP contribution is 2.43. The maximum absolute atomic E-state index is 12.6. The summed E-state index contributed by atoms with van der Waals surface area (Å²) < 4.78 is 31.4. The molecule has 13 nitrogen and oxygen atoms in total. The fraction of sp³-hybridized carbons (Fsp3) is 0.619. The van der Waals surface area contributed by atoms with Gasteiger partial charge in [0.2, 0.25) is 0 Å². The van der Waals surface area contributed by atoms with E-state index in [1.54, 1.807) is 39.8 Å². The Morgan fingerprint density at radius 3 is 2.34 bits per heavy atom. The number of aliphatic hydroxyl groups is 1. The number of aromatic hydroxyl groups is 2. The van der Waals surface area contributed by atoms with Crippen LogP contribution in [0.3, 0.4) is 0 Å². The molecule has 0 aliphatic rings. The van der Waals surface area contributed by atoms with Crippen LogP contribution < -0.4 is 5.32 Å². The summed E-state index contributed by atoms with van der Waals surface area (Å²) in [7, 11) is -0.908. The van der Waals surface area contributed by atoms with Crippen molar-refractivity contribution >= 4 is 19.9 Å². The number of hydrogen-bond donors (Lipinski definition) is 5. The molecule has 1 rings (SSSR count). The van der Waals surface area contributed by atoms with Crippen molar-refractivity contribution in [3.63, 3.8) is 0 Å². The Bertz CT molecular complexity index is 889. The Labute approximate surface area is 204 Å². The first-order valence-electron chi connectivity index (χ1n) is 10.7. The number of phenols is 2. The predicted octanol–water partition coefficient (Wildman–Crippen LogP) is 1.13. The molecule has 0 heterocycles. The van der Waals surface area contributed by atoms with Crippen LogP contribution in [0.5, 0.6) is 11.5 Å². The number of hydrogen-bond acceptors (Lipinski definition) is 11. The molecule has 1 aromatic carbocycles. The fourth-order valence-corrected chi connectivity index (χ4v) is 3.21. The quantitative estimate of drug-likeness (QED) is 0.142. The van der Waals surface area contributed by atoms with Gasteiger partial charge in [-0.05, 0) is 52.6 Å². The van der Waals surface area contributed by atoms with Gasteiger partial charge in [0.1, 0.15) is 24.4 Å². The second-order valence-corrected chi connectivity index (χ2v) is 10.4. The maximum Gasteiger partial charge on any atom is 0.472 e. The summed E-state index contributed by atoms with van der Waals surface area (Å²) in [5.41, 5.74) is -0.450. The molecular formula is C21H35N2O11P. The number of phenolic OH excluding ortho intramolecular Hbond substituents is 2. The first-order valence-corrected chi connectivity index (χ1v) is 12.2. The highest BCUT2D eigenvalue weighted by molar-refractivity contribution is 7.47. The number of nitrogens with one attached hydrogen (secondary N) is 1. The number of carbonyl (C=O) groups excluding carboxylic acids is 2. The maximum atomic E-state index is 12.6. The van der Waals surface area contributed by atoms with Crippen molar-refractivity contribution in [3.05, 3.63) is 23.8 Å². The van der Waals surface area contributed by atoms with Crippen molar-refractivity contribution < 1.29 is 52.9 Å². The third-order valence-corrected chi connectivity index (χ3v) is 5.08. The highest BCUT2D eigenvalue weighted by atomic mass is 31.2. The van der Waals surface area contributed by atoms with Gasteiger partial charge in [0.15, 0.2) is 11.5 Å². The van der Waals surface area contributed by atoms with E-state index in [0.29, 0.717) is 12.1 Å². The average molecular weight is 522 g/mol. The molecule has 0 bridgehead atoms. The zero-order chi connectivity index (χ0) is 26.8. The van der Waals surface area contributed by atoms with Crippen molar-refractivity contribution in [2.24, 2.45) is 0 Å². The summed E-state index contributed by atoms with van der Waals surface area (Å²) >= 11 is 0. The Hall–Kier alpha value is -2.41. The van der Waals surface area contributed by atoms with E-state index >= 15 is 0 Å². The first kappa shape index (κ1) is 30.6. The summed E-state index contributed by atoms with van der Waals surface area (Å²) in [6.45, 7) is 3.95. The molecule has 2 unspecified atom stereocenters. The summed E-state index contributed by atoms with van der Waals surface area (Å²) in [6.07, 6.45) is -2.50. The van der Waals surface area contributed by atoms with Gasteiger partial charge in [-0.25, -0.2) is 14.2 Å². The SMILES string of the molecule is CN(C)CCOP(=O)(O)OCC(O)COC(=O)[C@H](Cc1ccc(O)c(O)c1)NC(=O)OC(C)(C)C. The summed E-state index contributed by atoms with van der Waals surface area (Å²) in [5.74, 6) is -1.72. The van der Waals surface area contributed by atoms with E-state index in [4.69, 9.17) is 18.5 Å². The zero-order valence-corrected chi connectivity index (χ0v) is 21.4. The lowest BCUT2D eigenvalue weighted by molar-refractivity contribution is -0.149. The number of alkyl carbamates (subject to hydrolysis) is 1. The van der Waals surface area contributed by atoms with Crippen molar-refractivity contribution in [3.8, 4) is 11.5 Å². The Balaban J connectivity index is 2.71. The minimum atomic E-state index is -4.41. The standard InChI is InChI=1S/C21H35N2O11P/c1-21(2,3)34-20(28)22-16(10-14-6-7-17(25)18(26)11-14)19(27)31-12-15(24)13-33-35(29,30)32-9-8-23(4)5/h6-7,11,15-16,24-26H,8-10,12-13H2,1-5H3,(H,22,28)(H,29,30)/t15?,16-/m0/s1. The molecule has 0 aliphatic carbocycles. The first-order chi connectivity index (χ1) is 16.1. The number of amides is 1. The molecular weight excluding hydrogens is 487 g/mol. The largest absolute Gasteiger partial charge is 0.504 e. The lowest BCUT2D eigenvalue weighted by atomic mass is 10.1. The Kier molecular flexibility index (Phi) is 11.9. The van der Waals surface area contributed by atoms with Gasteiger partial charge in [-0.3, -0.25) is 9.05 Å². The van der Waals surface area contributed by atoms with Crippen LogP contribution in [0.1, 0.15) is 26.3 Å². The molecule has 35 heavy (non-hydrogen) atoms. The molecule has 1 aromatic rings. The third-order valence-electron chi connectivity index (χ3n) is 4.10. The second kappa shape index (κ2) is 13.6. The van der Waals surface area contributed by atoms with E-state index in [9.17, 15) is 34.4 Å². The lowest BCUT2D eigenvalue weighted by Gasteiger charge is -2.23. The molecule has 14 heteroatoms. The van der Waals surface area contributed by atoms with E-state index in [-0.39, 0.29) is 18.8 Å². The highest BCUT2D eigenvalue weighted by Gasteiger charge is 2.28. The summed E-state index contributed by atoms with van der Waals surface area (Å²) in [4.78, 5) is 36.2. The van der Waals surface area contributed by atoms with Crippen LogP contribution in [0.4, 0.5) is 4.79 Å². The molecule has 3 atom stereocenters. The number of esters is 1. The van der Waals surface area contributed by atoms with Crippen molar-refractivity contribution in [1.82, 2.24) is 10.2 Å². The van der Waals surface area contributed by atoms with E-state index < -0.39 is 56.6 Å². The third kappa shape index (κ3) is 13.3. The number of rotatable bonds is 13. The molecule has 0 saturated carbocycles. The minimum absolute atomic E-state index is 0.0727. The molecule has 0 saturated heterocycles. The molecule has 200 valence electrons. The van der Waals surface area contributed by atoms with Crippen LogP contribution in [0.25, 0.3) is 0 Å². The van der Waals surface area contributed by atoms with Crippen molar-refractivity contribution in [2.45, 2.75) is 44.9 Å². The lowest BCUT2D eigenvalue weighted by Crippen LogP contribution is -2.46. The number of aliphatic hydroxyl groups excluding tert-OH is 1. The van der Waals surface area contributed by atoms with Gasteiger partial charge in [0, 0.05) is 13.0 Å². The number of phosphoric acid groups is 1. The molecule has 0 spiro atoms. The number of benzene rings is 1. The van der Waals surface area contributed by atoms with Gasteiger partial charge in [0.05, 0.1) is 13.2 Å². The van der Waals surface area contributed by atoms with Crippen LogP contribution in [0, 0.1) is 0 Å². The molecule has 1 amide bonds. The van der Waals surface area contributed by atoms with Crippen LogP contribution in [0.15, 0.2) is 18.2 Å². The van der Waals surface area contributed by atoms with E-state index in [0.717, 1.165) is 0 Å². The van der Waals surface area contributed by atoms with Gasteiger partial charge in [0.25, 0.3) is 0 Å². The van der Waals surface area contributed by atoms with Crippen LogP contribution in [0.2, 0.25) is 0 Å². The molecule has 5 N–H and O–H groups in total. The Morgan fingerprint density at radius 2 is 1.77 bits per heavy atom. The number of carbonyl (C=O) groups is 2. The van der Waals surface area contributed by atoms with Crippen LogP contribution in [-0.4, -0.2) is 95.4 Å². The second-order valence-electron chi connectivity index (χ2n) is 8.91. The minimum Gasteiger partial charge on any atom is -0.504 e. The predicted molar refractivity (Wildman–Crippen MR) is 124 cm³/mol. The van der Waals surface area contributed by atoms with Gasteiger partial charge < -0.3 is 39.9 Å². The molecule has 0 aliphatic heterocycles. The number of phosphoric ester groups is 1. The van der Waals surface area contributed by atoms with Crippen LogP contribution in [-0.2, 0) is 34.3 Å². The summed E-state index contributed by atoms with van der Waals surface area (Å²) in [5, 5.41) is 31.5. The normalized spacial score (nSPS) is 15.2. The Morgan fingerprint density at radius 1 is 1.11 bits per heavy atom. The fourth-order valence-electron chi connectivity index (χ4n) is 2.46. The van der Waals surface area contributed by atoms with Crippen molar-refractivity contribution in [1.29, 1.82) is 0 Å². The van der Waals surface area contributed by atoms with Crippen molar-refractivity contribution in [2.75, 3.05) is 40.5 Å². The van der Waals surface area contributed by atoms with Gasteiger partial charge in [-0.2, -0.15) is 0 Å². The number of likely N-dealkylation sites (N-methyl/N-ethyl adjacent to an activating group) is 1.